The molecule has 14 heavy (non-hydrogen) atoms. The Bertz CT molecular complexity index is 314. The summed E-state index contributed by atoms with van der Waals surface area (Å²) < 4.78 is 0. The van der Waals surface area contributed by atoms with E-state index in [1.807, 2.05) is 6.07 Å². The summed E-state index contributed by atoms with van der Waals surface area (Å²) in [6.45, 7) is 4.44. The average Bonchev–Trinajstić information content (AvgIpc) is 2.19. The number of nitrogens with two attached hydrogens (primary N) is 1. The first kappa shape index (κ1) is 9.53. The topological polar surface area (TPSA) is 38.0 Å². The van der Waals surface area contributed by atoms with Crippen molar-refractivity contribution >= 4 is 5.69 Å². The van der Waals surface area contributed by atoms with Crippen molar-refractivity contribution in [2.24, 2.45) is 0 Å². The van der Waals surface area contributed by atoms with Crippen LogP contribution in [0.2, 0.25) is 0 Å². The number of aryl methyl sites for hydroxylation is 1. The minimum absolute atomic E-state index is 0.685. The molecule has 1 fully saturated rings. The van der Waals surface area contributed by atoms with Crippen molar-refractivity contribution in [3.05, 3.63) is 29.3 Å². The lowest BCUT2D eigenvalue weighted by Gasteiger charge is -2.24. The number of benzene rings is 1. The lowest BCUT2D eigenvalue weighted by Crippen LogP contribution is -2.28. The van der Waals surface area contributed by atoms with Gasteiger partial charge in [0.05, 0.1) is 0 Å². The van der Waals surface area contributed by atoms with E-state index in [-0.39, 0.29) is 0 Å². The summed E-state index contributed by atoms with van der Waals surface area (Å²) in [6.07, 6.45) is 2.59. The molecular weight excluding hydrogens is 172 g/mol. The Hall–Kier alpha value is -1.02. The van der Waals surface area contributed by atoms with E-state index in [1.165, 1.54) is 30.5 Å². The highest BCUT2D eigenvalue weighted by Gasteiger charge is 2.16. The molecule has 0 bridgehead atoms. The first-order valence-electron chi connectivity index (χ1n) is 5.34. The van der Waals surface area contributed by atoms with E-state index in [0.29, 0.717) is 5.92 Å². The average molecular weight is 190 g/mol. The van der Waals surface area contributed by atoms with Crippen molar-refractivity contribution < 1.29 is 0 Å². The maximum absolute atomic E-state index is 5.74. The first-order valence-corrected chi connectivity index (χ1v) is 5.34. The maximum atomic E-state index is 5.74. The second-order valence-electron chi connectivity index (χ2n) is 4.16. The Morgan fingerprint density at radius 1 is 1.43 bits per heavy atom. The molecule has 1 aromatic carbocycles. The number of piperidine rings is 1. The van der Waals surface area contributed by atoms with Crippen LogP contribution < -0.4 is 11.1 Å². The third kappa shape index (κ3) is 1.90. The third-order valence-corrected chi connectivity index (χ3v) is 3.03. The number of nitrogen functional groups attached to an aromatic ring is 1. The van der Waals surface area contributed by atoms with Crippen LogP contribution in [0.4, 0.5) is 5.69 Å². The minimum atomic E-state index is 0.685. The zero-order chi connectivity index (χ0) is 9.97. The SMILES string of the molecule is Cc1cc(N)ccc1C1CCCNC1. The summed E-state index contributed by atoms with van der Waals surface area (Å²) in [5, 5.41) is 3.44. The molecule has 2 nitrogen and oxygen atoms in total. The predicted octanol–water partition coefficient (Wildman–Crippen LogP) is 2.04. The Balaban J connectivity index is 2.22. The molecule has 0 spiro atoms. The van der Waals surface area contributed by atoms with Crippen molar-refractivity contribution in [1.82, 2.24) is 5.32 Å². The molecule has 1 atom stereocenters. The van der Waals surface area contributed by atoms with Gasteiger partial charge in [-0.15, -0.1) is 0 Å². The normalized spacial score (nSPS) is 22.2. The molecule has 1 saturated heterocycles. The van der Waals surface area contributed by atoms with Crippen LogP contribution in [0.5, 0.6) is 0 Å². The molecule has 0 aromatic heterocycles. The molecule has 1 aliphatic rings. The second-order valence-corrected chi connectivity index (χ2v) is 4.16. The number of hydrogen-bond acceptors (Lipinski definition) is 2. The largest absolute Gasteiger partial charge is 0.399 e. The smallest absolute Gasteiger partial charge is 0.0316 e. The highest BCUT2D eigenvalue weighted by Crippen LogP contribution is 2.26. The zero-order valence-corrected chi connectivity index (χ0v) is 8.72. The van der Waals surface area contributed by atoms with Gasteiger partial charge in [0.25, 0.3) is 0 Å². The summed E-state index contributed by atoms with van der Waals surface area (Å²) in [5.41, 5.74) is 9.41. The molecule has 1 aliphatic heterocycles. The van der Waals surface area contributed by atoms with Crippen LogP contribution in [0.3, 0.4) is 0 Å². The Morgan fingerprint density at radius 3 is 2.93 bits per heavy atom. The van der Waals surface area contributed by atoms with Crippen LogP contribution in [0.25, 0.3) is 0 Å². The third-order valence-electron chi connectivity index (χ3n) is 3.03. The molecule has 0 radical (unpaired) electrons. The highest BCUT2D eigenvalue weighted by molar-refractivity contribution is 5.45. The molecule has 1 aromatic rings. The lowest BCUT2D eigenvalue weighted by molar-refractivity contribution is 0.460. The van der Waals surface area contributed by atoms with E-state index in [1.54, 1.807) is 0 Å². The van der Waals surface area contributed by atoms with Crippen LogP contribution in [0.1, 0.15) is 29.9 Å². The van der Waals surface area contributed by atoms with E-state index in [0.717, 1.165) is 12.2 Å². The number of anilines is 1. The van der Waals surface area contributed by atoms with Crippen molar-refractivity contribution in [2.75, 3.05) is 18.8 Å². The van der Waals surface area contributed by atoms with Crippen LogP contribution in [-0.2, 0) is 0 Å². The zero-order valence-electron chi connectivity index (χ0n) is 8.72. The molecule has 76 valence electrons. The minimum Gasteiger partial charge on any atom is -0.399 e. The Labute approximate surface area is 85.5 Å². The van der Waals surface area contributed by atoms with Gasteiger partial charge in [0, 0.05) is 12.2 Å². The van der Waals surface area contributed by atoms with Gasteiger partial charge in [-0.3, -0.25) is 0 Å². The molecule has 0 amide bonds. The van der Waals surface area contributed by atoms with E-state index in [4.69, 9.17) is 5.73 Å². The van der Waals surface area contributed by atoms with Crippen molar-refractivity contribution in [2.45, 2.75) is 25.7 Å². The molecule has 1 unspecified atom stereocenters. The van der Waals surface area contributed by atoms with Gasteiger partial charge in [-0.2, -0.15) is 0 Å². The fourth-order valence-electron chi connectivity index (χ4n) is 2.27. The fourth-order valence-corrected chi connectivity index (χ4v) is 2.27. The van der Waals surface area contributed by atoms with Crippen LogP contribution in [0.15, 0.2) is 18.2 Å². The van der Waals surface area contributed by atoms with Crippen molar-refractivity contribution in [1.29, 1.82) is 0 Å². The number of hydrogen-bond donors (Lipinski definition) is 2. The number of nitrogens with one attached hydrogen (secondary N) is 1. The Kier molecular flexibility index (Phi) is 2.73. The van der Waals surface area contributed by atoms with Crippen molar-refractivity contribution in [3.8, 4) is 0 Å². The van der Waals surface area contributed by atoms with E-state index in [9.17, 15) is 0 Å². The van der Waals surface area contributed by atoms with Gasteiger partial charge in [-0.1, -0.05) is 6.07 Å². The summed E-state index contributed by atoms with van der Waals surface area (Å²) in [7, 11) is 0. The molecule has 2 rings (SSSR count). The molecule has 0 saturated carbocycles. The van der Waals surface area contributed by atoms with Gasteiger partial charge in [-0.05, 0) is 55.5 Å². The summed E-state index contributed by atoms with van der Waals surface area (Å²) in [5.74, 6) is 0.685. The highest BCUT2D eigenvalue weighted by atomic mass is 14.9. The first-order chi connectivity index (χ1) is 6.77. The maximum Gasteiger partial charge on any atom is 0.0316 e. The monoisotopic (exact) mass is 190 g/mol. The summed E-state index contributed by atoms with van der Waals surface area (Å²) in [6, 6.07) is 6.27. The van der Waals surface area contributed by atoms with Gasteiger partial charge in [-0.25, -0.2) is 0 Å². The van der Waals surface area contributed by atoms with Gasteiger partial charge in [0.1, 0.15) is 0 Å². The second kappa shape index (κ2) is 4.01. The molecular formula is C12H18N2. The molecule has 3 N–H and O–H groups in total. The van der Waals surface area contributed by atoms with E-state index in [2.05, 4.69) is 24.4 Å². The summed E-state index contributed by atoms with van der Waals surface area (Å²) >= 11 is 0. The van der Waals surface area contributed by atoms with Gasteiger partial charge in [0.15, 0.2) is 0 Å². The Morgan fingerprint density at radius 2 is 2.29 bits per heavy atom. The van der Waals surface area contributed by atoms with E-state index >= 15 is 0 Å². The molecule has 1 heterocycles. The van der Waals surface area contributed by atoms with Gasteiger partial charge >= 0.3 is 0 Å². The fraction of sp³-hybridized carbons (Fsp3) is 0.500. The van der Waals surface area contributed by atoms with Crippen molar-refractivity contribution in [3.63, 3.8) is 0 Å². The predicted molar refractivity (Wildman–Crippen MR) is 60.4 cm³/mol. The molecule has 2 heteroatoms. The van der Waals surface area contributed by atoms with Crippen LogP contribution in [-0.4, -0.2) is 13.1 Å². The standard InChI is InChI=1S/C12H18N2/c1-9-7-11(13)4-5-12(9)10-3-2-6-14-8-10/h4-5,7,10,14H,2-3,6,8,13H2,1H3. The number of rotatable bonds is 1. The van der Waals surface area contributed by atoms with Crippen LogP contribution in [0, 0.1) is 6.92 Å². The van der Waals surface area contributed by atoms with E-state index < -0.39 is 0 Å². The van der Waals surface area contributed by atoms with Gasteiger partial charge < -0.3 is 11.1 Å². The lowest BCUT2D eigenvalue weighted by atomic mass is 9.89. The summed E-state index contributed by atoms with van der Waals surface area (Å²) in [4.78, 5) is 0. The van der Waals surface area contributed by atoms with Crippen LogP contribution >= 0.6 is 0 Å². The van der Waals surface area contributed by atoms with Gasteiger partial charge in [0.2, 0.25) is 0 Å². The quantitative estimate of drug-likeness (QED) is 0.665. The molecule has 0 aliphatic carbocycles.